The predicted octanol–water partition coefficient (Wildman–Crippen LogP) is 5.58. The molecule has 11 heteroatoms. The highest BCUT2D eigenvalue weighted by Crippen LogP contribution is 2.37. The van der Waals surface area contributed by atoms with Crippen LogP contribution < -0.4 is 16.0 Å². The van der Waals surface area contributed by atoms with Crippen LogP contribution in [0.4, 0.5) is 36.8 Å². The maximum atomic E-state index is 13.0. The number of amides is 3. The van der Waals surface area contributed by atoms with Crippen molar-refractivity contribution >= 4 is 17.6 Å². The lowest BCUT2D eigenvalue weighted by molar-refractivity contribution is -0.143. The number of carbonyl (C=O) groups excluding carboxylic acids is 2. The lowest BCUT2D eigenvalue weighted by Crippen LogP contribution is -2.54. The summed E-state index contributed by atoms with van der Waals surface area (Å²) in [5, 5.41) is 6.96. The van der Waals surface area contributed by atoms with Crippen LogP contribution in [0.5, 0.6) is 0 Å². The molecule has 0 spiro atoms. The minimum Gasteiger partial charge on any atom is -0.350 e. The Kier molecular flexibility index (Phi) is 7.66. The Hall–Kier alpha value is -3.24. The summed E-state index contributed by atoms with van der Waals surface area (Å²) >= 11 is 0. The van der Waals surface area contributed by atoms with Crippen LogP contribution in [0.3, 0.4) is 0 Å². The van der Waals surface area contributed by atoms with Gasteiger partial charge < -0.3 is 16.0 Å². The van der Waals surface area contributed by atoms with Crippen molar-refractivity contribution in [3.05, 3.63) is 65.2 Å². The Labute approximate surface area is 186 Å². The van der Waals surface area contributed by atoms with Gasteiger partial charge in [-0.15, -0.1) is 0 Å². The van der Waals surface area contributed by atoms with E-state index in [1.54, 1.807) is 51.1 Å². The predicted molar refractivity (Wildman–Crippen MR) is 110 cm³/mol. The zero-order valence-electron chi connectivity index (χ0n) is 18.0. The summed E-state index contributed by atoms with van der Waals surface area (Å²) in [5.74, 6) is -0.568. The molecule has 0 saturated heterocycles. The van der Waals surface area contributed by atoms with Gasteiger partial charge in [-0.1, -0.05) is 51.1 Å². The molecule has 2 aromatic carbocycles. The molecule has 33 heavy (non-hydrogen) atoms. The van der Waals surface area contributed by atoms with Gasteiger partial charge in [-0.25, -0.2) is 4.79 Å². The number of carbonyl (C=O) groups is 2. The van der Waals surface area contributed by atoms with Crippen LogP contribution in [0.2, 0.25) is 0 Å². The molecule has 3 N–H and O–H groups in total. The fourth-order valence-corrected chi connectivity index (χ4v) is 2.89. The Morgan fingerprint density at radius 3 is 1.82 bits per heavy atom. The number of hydrogen-bond acceptors (Lipinski definition) is 2. The summed E-state index contributed by atoms with van der Waals surface area (Å²) in [5.41, 5.74) is -3.87. The van der Waals surface area contributed by atoms with Gasteiger partial charge in [-0.3, -0.25) is 4.79 Å². The summed E-state index contributed by atoms with van der Waals surface area (Å²) < 4.78 is 78.1. The molecule has 0 aliphatic rings. The minimum absolute atomic E-state index is 0.0436. The first-order chi connectivity index (χ1) is 15.1. The first-order valence-corrected chi connectivity index (χ1v) is 9.76. The van der Waals surface area contributed by atoms with E-state index in [1.165, 1.54) is 0 Å². The molecule has 0 aromatic heterocycles. The van der Waals surface area contributed by atoms with Gasteiger partial charge in [-0.2, -0.15) is 26.3 Å². The number of anilines is 1. The largest absolute Gasteiger partial charge is 0.416 e. The van der Waals surface area contributed by atoms with Crippen molar-refractivity contribution in [1.29, 1.82) is 0 Å². The van der Waals surface area contributed by atoms with Crippen LogP contribution in [0.25, 0.3) is 0 Å². The lowest BCUT2D eigenvalue weighted by Gasteiger charge is -2.30. The topological polar surface area (TPSA) is 70.2 Å². The number of rotatable bonds is 5. The molecule has 0 radical (unpaired) electrons. The van der Waals surface area contributed by atoms with Crippen LogP contribution in [0.1, 0.15) is 37.5 Å². The first-order valence-electron chi connectivity index (χ1n) is 9.76. The molecular weight excluding hydrogens is 452 g/mol. The van der Waals surface area contributed by atoms with E-state index in [1.807, 2.05) is 5.32 Å². The van der Waals surface area contributed by atoms with Gasteiger partial charge in [0.25, 0.3) is 0 Å². The molecule has 0 fully saturated rings. The molecule has 0 unspecified atom stereocenters. The van der Waals surface area contributed by atoms with E-state index >= 15 is 0 Å². The highest BCUT2D eigenvalue weighted by atomic mass is 19.4. The fourth-order valence-electron chi connectivity index (χ4n) is 2.89. The van der Waals surface area contributed by atoms with Crippen LogP contribution in [0, 0.1) is 5.41 Å². The van der Waals surface area contributed by atoms with Gasteiger partial charge >= 0.3 is 18.4 Å². The zero-order chi connectivity index (χ0) is 25.0. The first kappa shape index (κ1) is 26.0. The fraction of sp³-hybridized carbons (Fsp3) is 0.364. The van der Waals surface area contributed by atoms with Gasteiger partial charge in [0, 0.05) is 12.2 Å². The number of nitrogens with one attached hydrogen (secondary N) is 3. The van der Waals surface area contributed by atoms with Gasteiger partial charge in [0.05, 0.1) is 11.1 Å². The van der Waals surface area contributed by atoms with E-state index in [2.05, 4.69) is 10.6 Å². The van der Waals surface area contributed by atoms with E-state index in [-0.39, 0.29) is 12.6 Å². The van der Waals surface area contributed by atoms with Crippen molar-refractivity contribution in [2.75, 3.05) is 5.32 Å². The SMILES string of the molecule is CC(C)(C)[C@H](NC(=O)Nc1cc(C(F)(F)F)cc(C(F)(F)F)c1)C(=O)NCc1ccccc1. The van der Waals surface area contributed by atoms with Crippen molar-refractivity contribution in [1.82, 2.24) is 10.6 Å². The van der Waals surface area contributed by atoms with Gasteiger partial charge in [0.1, 0.15) is 6.04 Å². The normalized spacial score (nSPS) is 13.2. The average molecular weight is 475 g/mol. The van der Waals surface area contributed by atoms with Crippen LogP contribution >= 0.6 is 0 Å². The summed E-state index contributed by atoms with van der Waals surface area (Å²) in [6.45, 7) is 5.10. The molecule has 3 amide bonds. The lowest BCUT2D eigenvalue weighted by atomic mass is 9.86. The van der Waals surface area contributed by atoms with Crippen LogP contribution in [-0.4, -0.2) is 18.0 Å². The van der Waals surface area contributed by atoms with Gasteiger partial charge in [-0.05, 0) is 29.2 Å². The minimum atomic E-state index is -5.06. The van der Waals surface area contributed by atoms with E-state index < -0.39 is 52.6 Å². The van der Waals surface area contributed by atoms with Gasteiger partial charge in [0.2, 0.25) is 5.91 Å². The second-order valence-electron chi connectivity index (χ2n) is 8.40. The van der Waals surface area contributed by atoms with Crippen molar-refractivity contribution in [3.8, 4) is 0 Å². The molecular formula is C22H23F6N3O2. The van der Waals surface area contributed by atoms with E-state index in [4.69, 9.17) is 0 Å². The molecule has 0 saturated carbocycles. The maximum absolute atomic E-state index is 13.0. The number of halogens is 6. The van der Waals surface area contributed by atoms with E-state index in [9.17, 15) is 35.9 Å². The molecule has 2 aromatic rings. The number of benzene rings is 2. The summed E-state index contributed by atoms with van der Waals surface area (Å²) in [6, 6.07) is 7.37. The molecule has 0 bridgehead atoms. The van der Waals surface area contributed by atoms with Crippen molar-refractivity contribution in [2.45, 2.75) is 45.7 Å². The Morgan fingerprint density at radius 2 is 1.36 bits per heavy atom. The van der Waals surface area contributed by atoms with E-state index in [0.717, 1.165) is 5.56 Å². The maximum Gasteiger partial charge on any atom is 0.416 e. The third-order valence-electron chi connectivity index (χ3n) is 4.56. The second kappa shape index (κ2) is 9.72. The second-order valence-corrected chi connectivity index (χ2v) is 8.40. The monoisotopic (exact) mass is 475 g/mol. The number of hydrogen-bond donors (Lipinski definition) is 3. The zero-order valence-corrected chi connectivity index (χ0v) is 18.0. The number of alkyl halides is 6. The highest BCUT2D eigenvalue weighted by molar-refractivity contribution is 5.94. The number of urea groups is 1. The molecule has 1 atom stereocenters. The summed E-state index contributed by atoms with van der Waals surface area (Å²) in [6.07, 6.45) is -10.1. The standard InChI is InChI=1S/C22H23F6N3O2/c1-20(2,3)17(18(32)29-12-13-7-5-4-6-8-13)31-19(33)30-16-10-14(21(23,24)25)9-15(11-16)22(26,27)28/h4-11,17H,12H2,1-3H3,(H,29,32)(H2,30,31,33)/t17-/m1/s1. The van der Waals surface area contributed by atoms with Crippen LogP contribution in [-0.2, 0) is 23.7 Å². The molecule has 2 rings (SSSR count). The molecule has 0 aliphatic heterocycles. The van der Waals surface area contributed by atoms with Crippen molar-refractivity contribution < 1.29 is 35.9 Å². The molecule has 5 nitrogen and oxygen atoms in total. The Bertz CT molecular complexity index is 950. The third-order valence-corrected chi connectivity index (χ3v) is 4.56. The Morgan fingerprint density at radius 1 is 0.848 bits per heavy atom. The van der Waals surface area contributed by atoms with Gasteiger partial charge in [0.15, 0.2) is 0 Å². The third kappa shape index (κ3) is 7.69. The summed E-state index contributed by atoms with van der Waals surface area (Å²) in [7, 11) is 0. The smallest absolute Gasteiger partial charge is 0.350 e. The summed E-state index contributed by atoms with van der Waals surface area (Å²) in [4.78, 5) is 25.1. The highest BCUT2D eigenvalue weighted by Gasteiger charge is 2.37. The van der Waals surface area contributed by atoms with Crippen LogP contribution in [0.15, 0.2) is 48.5 Å². The molecule has 0 aliphatic carbocycles. The molecule has 180 valence electrons. The van der Waals surface area contributed by atoms with Crippen molar-refractivity contribution in [2.24, 2.45) is 5.41 Å². The van der Waals surface area contributed by atoms with E-state index in [0.29, 0.717) is 12.1 Å². The van der Waals surface area contributed by atoms with Crippen molar-refractivity contribution in [3.63, 3.8) is 0 Å². The molecule has 0 heterocycles. The average Bonchev–Trinajstić information content (AvgIpc) is 2.68. The quantitative estimate of drug-likeness (QED) is 0.495. The Balaban J connectivity index is 2.19.